The Morgan fingerprint density at radius 1 is 1.00 bits per heavy atom. The van der Waals surface area contributed by atoms with Crippen LogP contribution in [-0.4, -0.2) is 33.8 Å². The minimum atomic E-state index is -0.271. The van der Waals surface area contributed by atoms with E-state index in [0.717, 1.165) is 45.7 Å². The van der Waals surface area contributed by atoms with E-state index in [-0.39, 0.29) is 24.3 Å². The van der Waals surface area contributed by atoms with Crippen molar-refractivity contribution in [2.75, 3.05) is 13.2 Å². The van der Waals surface area contributed by atoms with Crippen molar-refractivity contribution in [2.24, 2.45) is 0 Å². The molecule has 0 bridgehead atoms. The van der Waals surface area contributed by atoms with Crippen molar-refractivity contribution >= 4 is 51.6 Å². The molecule has 2 amide bonds. The zero-order valence-corrected chi connectivity index (χ0v) is 22.0. The van der Waals surface area contributed by atoms with Crippen LogP contribution in [-0.2, 0) is 4.79 Å². The Hall–Kier alpha value is -2.52. The number of hydrogen-bond acceptors (Lipinski definition) is 4. The first kappa shape index (κ1) is 23.6. The highest BCUT2D eigenvalue weighted by Crippen LogP contribution is 2.34. The van der Waals surface area contributed by atoms with Crippen LogP contribution < -0.4 is 4.74 Å². The van der Waals surface area contributed by atoms with Gasteiger partial charge >= 0.3 is 0 Å². The fraction of sp³-hybridized carbons (Fsp3) is 0.231. The van der Waals surface area contributed by atoms with Crippen LogP contribution in [0.3, 0.4) is 0 Å². The molecular formula is C26H25IN2O3S. The number of hydrogen-bond donors (Lipinski definition) is 0. The highest BCUT2D eigenvalue weighted by Gasteiger charge is 2.35. The molecule has 33 heavy (non-hydrogen) atoms. The van der Waals surface area contributed by atoms with E-state index in [9.17, 15) is 9.59 Å². The molecule has 1 aliphatic rings. The molecule has 1 aromatic heterocycles. The summed E-state index contributed by atoms with van der Waals surface area (Å²) in [7, 11) is 0. The molecule has 2 aromatic carbocycles. The van der Waals surface area contributed by atoms with Crippen LogP contribution in [0.4, 0.5) is 4.79 Å². The molecule has 3 aromatic rings. The van der Waals surface area contributed by atoms with Crippen molar-refractivity contribution in [3.05, 3.63) is 85.1 Å². The molecule has 0 unspecified atom stereocenters. The highest BCUT2D eigenvalue weighted by molar-refractivity contribution is 14.1. The van der Waals surface area contributed by atoms with Crippen LogP contribution in [0.15, 0.2) is 53.4 Å². The number of carbonyl (C=O) groups excluding carboxylic acids is 2. The van der Waals surface area contributed by atoms with E-state index in [0.29, 0.717) is 4.91 Å². The molecule has 1 aliphatic heterocycles. The van der Waals surface area contributed by atoms with Gasteiger partial charge < -0.3 is 9.30 Å². The van der Waals surface area contributed by atoms with Gasteiger partial charge in [0.05, 0.1) is 11.4 Å². The van der Waals surface area contributed by atoms with Crippen LogP contribution in [0.25, 0.3) is 11.8 Å². The summed E-state index contributed by atoms with van der Waals surface area (Å²) in [6.45, 7) is 8.66. The maximum absolute atomic E-state index is 12.9. The molecule has 5 nitrogen and oxygen atoms in total. The van der Waals surface area contributed by atoms with Gasteiger partial charge in [-0.15, -0.1) is 0 Å². The number of nitrogens with zero attached hydrogens (tertiary/aromatic N) is 2. The molecule has 0 spiro atoms. The van der Waals surface area contributed by atoms with Gasteiger partial charge in [-0.2, -0.15) is 0 Å². The van der Waals surface area contributed by atoms with Gasteiger partial charge in [0.2, 0.25) is 0 Å². The first-order valence-electron chi connectivity index (χ1n) is 10.6. The lowest BCUT2D eigenvalue weighted by molar-refractivity contribution is -0.123. The van der Waals surface area contributed by atoms with E-state index >= 15 is 0 Å². The summed E-state index contributed by atoms with van der Waals surface area (Å²) in [4.78, 5) is 27.1. The molecule has 1 saturated heterocycles. The Bertz CT molecular complexity index is 1260. The van der Waals surface area contributed by atoms with Crippen LogP contribution >= 0.6 is 34.4 Å². The molecule has 0 atom stereocenters. The standard InChI is InChI=1S/C26H25IN2O3S/c1-16-5-8-22(9-6-16)32-12-11-28-25(30)24(33-26(28)31)15-20-14-18(3)29(19(20)4)21-7-10-23(27)17(2)13-21/h5-10,13-15H,11-12H2,1-4H3/b24-15-. The Balaban J connectivity index is 1.50. The number of benzene rings is 2. The number of rotatable bonds is 6. The zero-order valence-electron chi connectivity index (χ0n) is 19.0. The number of aromatic nitrogens is 1. The minimum Gasteiger partial charge on any atom is -0.492 e. The maximum Gasteiger partial charge on any atom is 0.293 e. The predicted octanol–water partition coefficient (Wildman–Crippen LogP) is 6.43. The molecule has 0 saturated carbocycles. The predicted molar refractivity (Wildman–Crippen MR) is 142 cm³/mol. The lowest BCUT2D eigenvalue weighted by Gasteiger charge is -2.13. The van der Waals surface area contributed by atoms with E-state index in [1.807, 2.05) is 51.1 Å². The van der Waals surface area contributed by atoms with E-state index in [1.165, 1.54) is 14.0 Å². The van der Waals surface area contributed by atoms with Gasteiger partial charge in [0, 0.05) is 20.6 Å². The number of amides is 2. The summed E-state index contributed by atoms with van der Waals surface area (Å²) < 4.78 is 9.10. The Kier molecular flexibility index (Phi) is 6.99. The van der Waals surface area contributed by atoms with Gasteiger partial charge in [0.1, 0.15) is 12.4 Å². The third-order valence-electron chi connectivity index (χ3n) is 5.63. The average Bonchev–Trinajstić information content (AvgIpc) is 3.20. The number of halogens is 1. The van der Waals surface area contributed by atoms with Crippen LogP contribution in [0.1, 0.15) is 28.1 Å². The summed E-state index contributed by atoms with van der Waals surface area (Å²) in [5.74, 6) is 0.453. The van der Waals surface area contributed by atoms with Crippen LogP contribution in [0.2, 0.25) is 0 Å². The lowest BCUT2D eigenvalue weighted by atomic mass is 10.2. The molecule has 0 radical (unpaired) electrons. The molecule has 0 N–H and O–H groups in total. The third kappa shape index (κ3) is 5.04. The summed E-state index contributed by atoms with van der Waals surface area (Å²) in [6.07, 6.45) is 1.82. The molecule has 2 heterocycles. The summed E-state index contributed by atoms with van der Waals surface area (Å²) in [6, 6.07) is 16.1. The van der Waals surface area contributed by atoms with Crippen molar-refractivity contribution < 1.29 is 14.3 Å². The first-order valence-corrected chi connectivity index (χ1v) is 12.5. The van der Waals surface area contributed by atoms with Gasteiger partial charge in [-0.05, 0) is 116 Å². The van der Waals surface area contributed by atoms with E-state index in [4.69, 9.17) is 4.74 Å². The lowest BCUT2D eigenvalue weighted by Crippen LogP contribution is -2.32. The van der Waals surface area contributed by atoms with Crippen molar-refractivity contribution in [3.8, 4) is 11.4 Å². The molecular weight excluding hydrogens is 547 g/mol. The average molecular weight is 572 g/mol. The Morgan fingerprint density at radius 2 is 1.73 bits per heavy atom. The third-order valence-corrected chi connectivity index (χ3v) is 7.75. The monoisotopic (exact) mass is 572 g/mol. The largest absolute Gasteiger partial charge is 0.492 e. The highest BCUT2D eigenvalue weighted by atomic mass is 127. The van der Waals surface area contributed by atoms with Gasteiger partial charge in [-0.25, -0.2) is 0 Å². The molecule has 1 fully saturated rings. The molecule has 7 heteroatoms. The van der Waals surface area contributed by atoms with E-state index < -0.39 is 0 Å². The fourth-order valence-electron chi connectivity index (χ4n) is 3.82. The number of thioether (sulfide) groups is 1. The fourth-order valence-corrected chi connectivity index (χ4v) is 5.01. The van der Waals surface area contributed by atoms with Crippen LogP contribution in [0.5, 0.6) is 5.75 Å². The Morgan fingerprint density at radius 3 is 2.42 bits per heavy atom. The molecule has 0 aliphatic carbocycles. The second kappa shape index (κ2) is 9.77. The zero-order chi connectivity index (χ0) is 23.7. The summed E-state index contributed by atoms with van der Waals surface area (Å²) in [5.41, 5.74) is 6.49. The summed E-state index contributed by atoms with van der Waals surface area (Å²) in [5, 5.41) is -0.263. The number of imide groups is 1. The number of ether oxygens (including phenoxy) is 1. The smallest absolute Gasteiger partial charge is 0.293 e. The maximum atomic E-state index is 12.9. The first-order chi connectivity index (χ1) is 15.7. The quantitative estimate of drug-likeness (QED) is 0.252. The Labute approximate surface area is 212 Å². The van der Waals surface area contributed by atoms with Crippen LogP contribution in [0, 0.1) is 31.3 Å². The van der Waals surface area contributed by atoms with Crippen molar-refractivity contribution in [1.82, 2.24) is 9.47 Å². The number of carbonyl (C=O) groups is 2. The van der Waals surface area contributed by atoms with Gasteiger partial charge in [-0.3, -0.25) is 14.5 Å². The molecule has 170 valence electrons. The number of aryl methyl sites for hydroxylation is 3. The second-order valence-corrected chi connectivity index (χ2v) is 10.2. The van der Waals surface area contributed by atoms with Gasteiger partial charge in [0.25, 0.3) is 11.1 Å². The van der Waals surface area contributed by atoms with E-state index in [2.05, 4.69) is 58.3 Å². The van der Waals surface area contributed by atoms with Crippen molar-refractivity contribution in [2.45, 2.75) is 27.7 Å². The van der Waals surface area contributed by atoms with Gasteiger partial charge in [-0.1, -0.05) is 17.7 Å². The van der Waals surface area contributed by atoms with Crippen molar-refractivity contribution in [1.29, 1.82) is 0 Å². The minimum absolute atomic E-state index is 0.219. The second-order valence-electron chi connectivity index (χ2n) is 8.09. The topological polar surface area (TPSA) is 51.5 Å². The van der Waals surface area contributed by atoms with E-state index in [1.54, 1.807) is 0 Å². The van der Waals surface area contributed by atoms with Gasteiger partial charge in [0.15, 0.2) is 0 Å². The SMILES string of the molecule is Cc1ccc(OCCN2C(=O)S/C(=C\c3cc(C)n(-c4ccc(I)c(C)c4)c3C)C2=O)cc1. The normalized spacial score (nSPS) is 15.1. The van der Waals surface area contributed by atoms with Crippen molar-refractivity contribution in [3.63, 3.8) is 0 Å². The molecule has 4 rings (SSSR count). The summed E-state index contributed by atoms with van der Waals surface area (Å²) >= 11 is 3.31.